The SMILES string of the molecule is C#C.CN(CCCc1ccccc1)c1nc(Cc2ccccc2)cc(=O)[nH]1.CNC. The van der Waals surface area contributed by atoms with E-state index in [0.29, 0.717) is 12.4 Å². The molecular weight excluding hydrogens is 372 g/mol. The lowest BCUT2D eigenvalue weighted by molar-refractivity contribution is 0.760. The van der Waals surface area contributed by atoms with Crippen molar-refractivity contribution in [1.29, 1.82) is 0 Å². The maximum Gasteiger partial charge on any atom is 0.252 e. The van der Waals surface area contributed by atoms with Crippen molar-refractivity contribution in [3.63, 3.8) is 0 Å². The van der Waals surface area contributed by atoms with Crippen molar-refractivity contribution in [1.82, 2.24) is 15.3 Å². The second kappa shape index (κ2) is 14.6. The van der Waals surface area contributed by atoms with Gasteiger partial charge in [-0.15, -0.1) is 12.8 Å². The van der Waals surface area contributed by atoms with Crippen molar-refractivity contribution < 1.29 is 0 Å². The largest absolute Gasteiger partial charge is 0.345 e. The zero-order valence-electron chi connectivity index (χ0n) is 18.1. The average molecular weight is 405 g/mol. The van der Waals surface area contributed by atoms with Crippen LogP contribution in [0.5, 0.6) is 0 Å². The molecule has 3 rings (SSSR count). The first-order valence-electron chi connectivity index (χ1n) is 9.93. The molecule has 0 atom stereocenters. The van der Waals surface area contributed by atoms with Gasteiger partial charge in [-0.25, -0.2) is 4.98 Å². The number of aromatic nitrogens is 2. The molecule has 30 heavy (non-hydrogen) atoms. The first kappa shape index (κ1) is 24.7. The molecule has 0 aliphatic heterocycles. The number of nitrogens with one attached hydrogen (secondary N) is 2. The van der Waals surface area contributed by atoms with E-state index in [2.05, 4.69) is 52.4 Å². The van der Waals surface area contributed by atoms with Gasteiger partial charge in [0.05, 0.1) is 5.69 Å². The summed E-state index contributed by atoms with van der Waals surface area (Å²) in [6, 6.07) is 22.1. The third kappa shape index (κ3) is 9.22. The number of nitrogens with zero attached hydrogens (tertiary/aromatic N) is 2. The van der Waals surface area contributed by atoms with E-state index in [1.165, 1.54) is 5.56 Å². The second-order valence-electron chi connectivity index (χ2n) is 6.73. The van der Waals surface area contributed by atoms with Crippen molar-refractivity contribution in [2.75, 3.05) is 32.6 Å². The molecule has 1 heterocycles. The number of anilines is 1. The van der Waals surface area contributed by atoms with Crippen molar-refractivity contribution in [2.45, 2.75) is 19.3 Å². The molecule has 0 radical (unpaired) electrons. The Morgan fingerprint density at radius 2 is 1.50 bits per heavy atom. The van der Waals surface area contributed by atoms with Crippen LogP contribution < -0.4 is 15.8 Å². The van der Waals surface area contributed by atoms with Crippen molar-refractivity contribution >= 4 is 5.95 Å². The first-order chi connectivity index (χ1) is 14.6. The molecule has 0 saturated heterocycles. The summed E-state index contributed by atoms with van der Waals surface area (Å²) in [5, 5.41) is 2.75. The summed E-state index contributed by atoms with van der Waals surface area (Å²) in [5.41, 5.74) is 3.17. The quantitative estimate of drug-likeness (QED) is 0.592. The van der Waals surface area contributed by atoms with Crippen LogP contribution in [0.3, 0.4) is 0 Å². The topological polar surface area (TPSA) is 61.0 Å². The molecule has 0 saturated carbocycles. The predicted molar refractivity (Wildman–Crippen MR) is 127 cm³/mol. The van der Waals surface area contributed by atoms with Crippen LogP contribution >= 0.6 is 0 Å². The van der Waals surface area contributed by atoms with Gasteiger partial charge in [0.15, 0.2) is 0 Å². The lowest BCUT2D eigenvalue weighted by atomic mass is 10.1. The number of hydrogen-bond acceptors (Lipinski definition) is 4. The van der Waals surface area contributed by atoms with Crippen LogP contribution in [0.1, 0.15) is 23.2 Å². The van der Waals surface area contributed by atoms with Gasteiger partial charge in [-0.05, 0) is 38.1 Å². The molecule has 0 aliphatic rings. The van der Waals surface area contributed by atoms with Gasteiger partial charge in [0.2, 0.25) is 5.95 Å². The first-order valence-corrected chi connectivity index (χ1v) is 9.93. The van der Waals surface area contributed by atoms with Crippen molar-refractivity contribution in [2.24, 2.45) is 0 Å². The summed E-state index contributed by atoms with van der Waals surface area (Å²) in [7, 11) is 5.72. The molecule has 0 fully saturated rings. The van der Waals surface area contributed by atoms with Crippen LogP contribution in [0.4, 0.5) is 5.95 Å². The van der Waals surface area contributed by atoms with Crippen LogP contribution in [0.25, 0.3) is 0 Å². The summed E-state index contributed by atoms with van der Waals surface area (Å²) < 4.78 is 0. The third-order valence-electron chi connectivity index (χ3n) is 4.17. The third-order valence-corrected chi connectivity index (χ3v) is 4.17. The smallest absolute Gasteiger partial charge is 0.252 e. The van der Waals surface area contributed by atoms with Crippen LogP contribution in [0.15, 0.2) is 71.5 Å². The lowest BCUT2D eigenvalue weighted by Gasteiger charge is -2.18. The van der Waals surface area contributed by atoms with Gasteiger partial charge in [-0.3, -0.25) is 9.78 Å². The molecule has 0 unspecified atom stereocenters. The van der Waals surface area contributed by atoms with E-state index in [1.54, 1.807) is 6.07 Å². The number of benzene rings is 2. The fourth-order valence-corrected chi connectivity index (χ4v) is 2.84. The molecule has 5 heteroatoms. The van der Waals surface area contributed by atoms with Gasteiger partial charge >= 0.3 is 0 Å². The van der Waals surface area contributed by atoms with Crippen LogP contribution in [0.2, 0.25) is 0 Å². The molecule has 3 aromatic rings. The minimum Gasteiger partial charge on any atom is -0.345 e. The van der Waals surface area contributed by atoms with Gasteiger partial charge in [0.1, 0.15) is 0 Å². The monoisotopic (exact) mass is 404 g/mol. The van der Waals surface area contributed by atoms with Gasteiger partial charge < -0.3 is 10.2 Å². The van der Waals surface area contributed by atoms with Crippen molar-refractivity contribution in [3.8, 4) is 12.8 Å². The van der Waals surface area contributed by atoms with E-state index in [4.69, 9.17) is 0 Å². The van der Waals surface area contributed by atoms with Gasteiger partial charge in [0, 0.05) is 26.1 Å². The molecule has 0 bridgehead atoms. The molecule has 5 nitrogen and oxygen atoms in total. The highest BCUT2D eigenvalue weighted by molar-refractivity contribution is 5.31. The number of H-pyrrole nitrogens is 1. The number of rotatable bonds is 7. The highest BCUT2D eigenvalue weighted by Gasteiger charge is 2.07. The number of aryl methyl sites for hydroxylation is 1. The zero-order valence-corrected chi connectivity index (χ0v) is 18.1. The van der Waals surface area contributed by atoms with Crippen molar-refractivity contribution in [3.05, 3.63) is 93.9 Å². The molecule has 158 valence electrons. The lowest BCUT2D eigenvalue weighted by Crippen LogP contribution is -2.25. The average Bonchev–Trinajstić information content (AvgIpc) is 2.77. The Labute approximate surface area is 180 Å². The standard InChI is InChI=1S/C21H23N3O.C2H7N.C2H2/c1-24(14-8-13-17-9-4-2-5-10-17)21-22-19(16-20(25)23-21)15-18-11-6-3-7-12-18;1-3-2;1-2/h2-7,9-12,16H,8,13-15H2,1H3,(H,22,23,25);3H,1-2H3;1-2H. The molecule has 2 aromatic carbocycles. The van der Waals surface area contributed by atoms with Gasteiger partial charge in [-0.2, -0.15) is 0 Å². The number of aromatic amines is 1. The Morgan fingerprint density at radius 1 is 0.967 bits per heavy atom. The highest BCUT2D eigenvalue weighted by atomic mass is 16.1. The Morgan fingerprint density at radius 3 is 2.07 bits per heavy atom. The summed E-state index contributed by atoms with van der Waals surface area (Å²) >= 11 is 0. The molecular formula is C25H32N4O. The predicted octanol–water partition coefficient (Wildman–Crippen LogP) is 3.51. The maximum atomic E-state index is 12.0. The van der Waals surface area contributed by atoms with E-state index in [-0.39, 0.29) is 5.56 Å². The summed E-state index contributed by atoms with van der Waals surface area (Å²) in [5.74, 6) is 0.631. The minimum absolute atomic E-state index is 0.106. The molecule has 0 aliphatic carbocycles. The molecule has 0 amide bonds. The maximum absolute atomic E-state index is 12.0. The second-order valence-corrected chi connectivity index (χ2v) is 6.73. The van der Waals surface area contributed by atoms with Crippen LogP contribution in [0, 0.1) is 12.8 Å². The van der Waals surface area contributed by atoms with E-state index < -0.39 is 0 Å². The fourth-order valence-electron chi connectivity index (χ4n) is 2.84. The Hall–Kier alpha value is -3.36. The Bertz CT molecular complexity index is 904. The van der Waals surface area contributed by atoms with Gasteiger partial charge in [0.25, 0.3) is 5.56 Å². The number of terminal acetylenes is 1. The number of hydrogen-bond donors (Lipinski definition) is 2. The van der Waals surface area contributed by atoms with E-state index in [0.717, 1.165) is 30.6 Å². The Balaban J connectivity index is 0.000000826. The zero-order chi connectivity index (χ0) is 22.2. The fraction of sp³-hybridized carbons (Fsp3) is 0.280. The molecule has 2 N–H and O–H groups in total. The molecule has 1 aromatic heterocycles. The summed E-state index contributed by atoms with van der Waals surface area (Å²) in [4.78, 5) is 21.5. The Kier molecular flexibility index (Phi) is 12.0. The highest BCUT2D eigenvalue weighted by Crippen LogP contribution is 2.10. The van der Waals surface area contributed by atoms with Crippen LogP contribution in [-0.4, -0.2) is 37.7 Å². The van der Waals surface area contributed by atoms with E-state index in [1.807, 2.05) is 62.4 Å². The summed E-state index contributed by atoms with van der Waals surface area (Å²) in [6.07, 6.45) is 10.7. The van der Waals surface area contributed by atoms with E-state index >= 15 is 0 Å². The molecule has 0 spiro atoms. The minimum atomic E-state index is -0.106. The van der Waals surface area contributed by atoms with E-state index in [9.17, 15) is 4.79 Å². The normalized spacial score (nSPS) is 9.50. The van der Waals surface area contributed by atoms with Crippen LogP contribution in [-0.2, 0) is 12.8 Å². The summed E-state index contributed by atoms with van der Waals surface area (Å²) in [6.45, 7) is 0.840. The van der Waals surface area contributed by atoms with Gasteiger partial charge in [-0.1, -0.05) is 60.7 Å².